The van der Waals surface area contributed by atoms with Crippen LogP contribution in [0.4, 0.5) is 26.3 Å². The van der Waals surface area contributed by atoms with E-state index < -0.39 is 35.7 Å². The number of halogens is 6. The van der Waals surface area contributed by atoms with Crippen LogP contribution in [0.25, 0.3) is 16.9 Å². The summed E-state index contributed by atoms with van der Waals surface area (Å²) < 4.78 is 84.2. The van der Waals surface area contributed by atoms with Crippen LogP contribution in [0.15, 0.2) is 24.7 Å². The molecule has 3 rings (SSSR count). The number of pyridine rings is 1. The molecule has 0 radical (unpaired) electrons. The second kappa shape index (κ2) is 6.35. The monoisotopic (exact) mass is 391 g/mol. The fraction of sp³-hybridized carbons (Fsp3) is 0.333. The lowest BCUT2D eigenvalue weighted by molar-refractivity contribution is -0.190. The van der Waals surface area contributed by atoms with Crippen molar-refractivity contribution in [2.24, 2.45) is 0 Å². The Morgan fingerprint density at radius 2 is 1.78 bits per heavy atom. The lowest BCUT2D eigenvalue weighted by Crippen LogP contribution is -2.31. The summed E-state index contributed by atoms with van der Waals surface area (Å²) in [4.78, 5) is 7.47. The van der Waals surface area contributed by atoms with Gasteiger partial charge in [-0.05, 0) is 13.0 Å². The molecule has 27 heavy (non-hydrogen) atoms. The van der Waals surface area contributed by atoms with Crippen LogP contribution in [-0.2, 0) is 5.92 Å². The Balaban J connectivity index is 1.96. The molecule has 0 spiro atoms. The molecule has 3 aromatic heterocycles. The van der Waals surface area contributed by atoms with E-state index in [4.69, 9.17) is 0 Å². The van der Waals surface area contributed by atoms with Crippen molar-refractivity contribution in [3.63, 3.8) is 0 Å². The van der Waals surface area contributed by atoms with Crippen molar-refractivity contribution >= 4 is 5.65 Å². The lowest BCUT2D eigenvalue weighted by Gasteiger charge is -2.17. The summed E-state index contributed by atoms with van der Waals surface area (Å²) in [5, 5.41) is 6.96. The molecule has 0 aliphatic heterocycles. The molecule has 0 saturated heterocycles. The zero-order chi connectivity index (χ0) is 20.0. The second-order valence-electron chi connectivity index (χ2n) is 5.73. The molecule has 0 amide bonds. The molecule has 3 heterocycles. The first-order chi connectivity index (χ1) is 12.5. The first kappa shape index (κ1) is 18.9. The standard InChI is InChI=1S/C15H11F6N5O/c1-7(15(19,20)21)27-12-9(16)3-8(4-23-12)10-6-26-11(5-22-10)24-25-13(26)14(2,17)18/h3-7H,1-2H3/t7-/m1/s1. The van der Waals surface area contributed by atoms with Gasteiger partial charge in [-0.1, -0.05) is 0 Å². The van der Waals surface area contributed by atoms with E-state index in [0.29, 0.717) is 13.8 Å². The number of ether oxygens (including phenoxy) is 1. The average molecular weight is 391 g/mol. The van der Waals surface area contributed by atoms with E-state index in [-0.39, 0.29) is 16.9 Å². The van der Waals surface area contributed by atoms with E-state index in [1.54, 1.807) is 0 Å². The first-order valence-corrected chi connectivity index (χ1v) is 7.45. The molecule has 0 unspecified atom stereocenters. The van der Waals surface area contributed by atoms with Crippen molar-refractivity contribution in [1.82, 2.24) is 24.6 Å². The van der Waals surface area contributed by atoms with Gasteiger partial charge in [-0.25, -0.2) is 9.37 Å². The number of hydrogen-bond donors (Lipinski definition) is 0. The Morgan fingerprint density at radius 3 is 2.37 bits per heavy atom. The van der Waals surface area contributed by atoms with Crippen LogP contribution in [-0.4, -0.2) is 36.8 Å². The van der Waals surface area contributed by atoms with Gasteiger partial charge >= 0.3 is 12.1 Å². The molecular weight excluding hydrogens is 380 g/mol. The minimum atomic E-state index is -4.68. The van der Waals surface area contributed by atoms with Crippen LogP contribution in [0.2, 0.25) is 0 Å². The first-order valence-electron chi connectivity index (χ1n) is 7.45. The highest BCUT2D eigenvalue weighted by atomic mass is 19.4. The van der Waals surface area contributed by atoms with Crippen LogP contribution in [0, 0.1) is 5.82 Å². The van der Waals surface area contributed by atoms with Gasteiger partial charge in [0.15, 0.2) is 17.6 Å². The molecule has 0 aliphatic carbocycles. The molecule has 12 heteroatoms. The van der Waals surface area contributed by atoms with Gasteiger partial charge < -0.3 is 4.74 Å². The van der Waals surface area contributed by atoms with Crippen LogP contribution < -0.4 is 4.74 Å². The highest BCUT2D eigenvalue weighted by Crippen LogP contribution is 2.29. The third-order valence-corrected chi connectivity index (χ3v) is 3.54. The predicted molar refractivity (Wildman–Crippen MR) is 79.7 cm³/mol. The van der Waals surface area contributed by atoms with Gasteiger partial charge in [-0.2, -0.15) is 22.0 Å². The van der Waals surface area contributed by atoms with E-state index in [1.807, 2.05) is 0 Å². The molecule has 3 aromatic rings. The molecule has 144 valence electrons. The zero-order valence-electron chi connectivity index (χ0n) is 13.8. The van der Waals surface area contributed by atoms with Crippen molar-refractivity contribution in [1.29, 1.82) is 0 Å². The fourth-order valence-corrected chi connectivity index (χ4v) is 2.14. The van der Waals surface area contributed by atoms with Crippen molar-refractivity contribution in [3.05, 3.63) is 36.3 Å². The Labute approximate surface area is 147 Å². The van der Waals surface area contributed by atoms with E-state index in [0.717, 1.165) is 29.1 Å². The van der Waals surface area contributed by atoms with Crippen LogP contribution in [0.1, 0.15) is 19.7 Å². The molecule has 0 bridgehead atoms. The van der Waals surface area contributed by atoms with Crippen molar-refractivity contribution in [2.45, 2.75) is 32.1 Å². The predicted octanol–water partition coefficient (Wildman–Crippen LogP) is 3.77. The van der Waals surface area contributed by atoms with Gasteiger partial charge in [0, 0.05) is 24.9 Å². The molecule has 6 nitrogen and oxygen atoms in total. The summed E-state index contributed by atoms with van der Waals surface area (Å²) in [7, 11) is 0. The molecule has 0 N–H and O–H groups in total. The lowest BCUT2D eigenvalue weighted by atomic mass is 10.2. The van der Waals surface area contributed by atoms with Crippen molar-refractivity contribution < 1.29 is 31.1 Å². The van der Waals surface area contributed by atoms with Crippen LogP contribution in [0.5, 0.6) is 5.88 Å². The summed E-state index contributed by atoms with van der Waals surface area (Å²) >= 11 is 0. The third kappa shape index (κ3) is 3.78. The molecular formula is C15H11F6N5O. The smallest absolute Gasteiger partial charge is 0.425 e. The van der Waals surface area contributed by atoms with Crippen molar-refractivity contribution in [2.75, 3.05) is 0 Å². The summed E-state index contributed by atoms with van der Waals surface area (Å²) in [6.45, 7) is 1.35. The van der Waals surface area contributed by atoms with Gasteiger partial charge in [0.1, 0.15) is 0 Å². The van der Waals surface area contributed by atoms with Gasteiger partial charge in [0.05, 0.1) is 11.9 Å². The minimum Gasteiger partial charge on any atom is -0.463 e. The molecule has 0 fully saturated rings. The summed E-state index contributed by atoms with van der Waals surface area (Å²) in [6.07, 6.45) is -3.63. The average Bonchev–Trinajstić information content (AvgIpc) is 2.99. The molecule has 0 aliphatic rings. The van der Waals surface area contributed by atoms with E-state index in [1.165, 1.54) is 0 Å². The number of hydrogen-bond acceptors (Lipinski definition) is 5. The van der Waals surface area contributed by atoms with E-state index >= 15 is 0 Å². The maximum absolute atomic E-state index is 14.1. The Hall–Kier alpha value is -2.92. The van der Waals surface area contributed by atoms with Crippen LogP contribution in [0.3, 0.4) is 0 Å². The quantitative estimate of drug-likeness (QED) is 0.634. The number of rotatable bonds is 4. The topological polar surface area (TPSA) is 65.2 Å². The molecule has 0 saturated carbocycles. The molecule has 0 aromatic carbocycles. The SMILES string of the molecule is C[C@@H](Oc1ncc(-c2cn3c(C(C)(F)F)nnc3cn2)cc1F)C(F)(F)F. The summed E-state index contributed by atoms with van der Waals surface area (Å²) in [6, 6.07) is 0.841. The van der Waals surface area contributed by atoms with Crippen molar-refractivity contribution in [3.8, 4) is 17.1 Å². The van der Waals surface area contributed by atoms with E-state index in [9.17, 15) is 26.3 Å². The number of nitrogens with zero attached hydrogens (tertiary/aromatic N) is 5. The number of aromatic nitrogens is 5. The Morgan fingerprint density at radius 1 is 1.07 bits per heavy atom. The number of fused-ring (bicyclic) bond motifs is 1. The summed E-state index contributed by atoms with van der Waals surface area (Å²) in [5.41, 5.74) is 0.123. The van der Waals surface area contributed by atoms with Gasteiger partial charge in [-0.3, -0.25) is 9.38 Å². The number of alkyl halides is 5. The minimum absolute atomic E-state index is 0.0367. The third-order valence-electron chi connectivity index (χ3n) is 3.54. The maximum Gasteiger partial charge on any atom is 0.425 e. The highest BCUT2D eigenvalue weighted by molar-refractivity contribution is 5.59. The fourth-order valence-electron chi connectivity index (χ4n) is 2.14. The maximum atomic E-state index is 14.1. The molecule has 1 atom stereocenters. The highest BCUT2D eigenvalue weighted by Gasteiger charge is 2.38. The van der Waals surface area contributed by atoms with E-state index in [2.05, 4.69) is 24.9 Å². The largest absolute Gasteiger partial charge is 0.463 e. The van der Waals surface area contributed by atoms with Gasteiger partial charge in [0.25, 0.3) is 5.88 Å². The van der Waals surface area contributed by atoms with Gasteiger partial charge in [-0.15, -0.1) is 10.2 Å². The normalized spacial score (nSPS) is 13.8. The zero-order valence-corrected chi connectivity index (χ0v) is 13.8. The Kier molecular flexibility index (Phi) is 4.44. The second-order valence-corrected chi connectivity index (χ2v) is 5.73. The van der Waals surface area contributed by atoms with Gasteiger partial charge in [0.2, 0.25) is 5.82 Å². The van der Waals surface area contributed by atoms with Crippen LogP contribution >= 0.6 is 0 Å². The Bertz CT molecular complexity index is 981. The summed E-state index contributed by atoms with van der Waals surface area (Å²) in [5.74, 6) is -5.92.